The normalized spacial score (nSPS) is 44.5. The number of alkyl halides is 3. The molecule has 6 atom stereocenters. The largest absolute Gasteiger partial charge is 0.273 e. The second-order valence-corrected chi connectivity index (χ2v) is 11.1. The highest BCUT2D eigenvalue weighted by Gasteiger charge is 2.62. The molecule has 1 heterocycles. The van der Waals surface area contributed by atoms with Gasteiger partial charge < -0.3 is 0 Å². The zero-order chi connectivity index (χ0) is 18.6. The van der Waals surface area contributed by atoms with Crippen molar-refractivity contribution < 1.29 is 9.59 Å². The van der Waals surface area contributed by atoms with E-state index in [-0.39, 0.29) is 40.9 Å². The van der Waals surface area contributed by atoms with Crippen molar-refractivity contribution in [1.29, 1.82) is 0 Å². The van der Waals surface area contributed by atoms with Gasteiger partial charge in [-0.05, 0) is 49.5 Å². The predicted molar refractivity (Wildman–Crippen MR) is 105 cm³/mol. The van der Waals surface area contributed by atoms with Crippen LogP contribution in [0.4, 0.5) is 0 Å². The summed E-state index contributed by atoms with van der Waals surface area (Å²) in [6.45, 7) is 6.07. The summed E-state index contributed by atoms with van der Waals surface area (Å²) in [4.78, 5) is 24.7. The molecule has 1 saturated carbocycles. The minimum Gasteiger partial charge on any atom is -0.273 e. The molecule has 2 amide bonds. The lowest BCUT2D eigenvalue weighted by molar-refractivity contribution is -0.133. The second kappa shape index (κ2) is 6.92. The number of amides is 2. The second-order valence-electron chi connectivity index (χ2n) is 7.88. The van der Waals surface area contributed by atoms with Crippen LogP contribution in [0.25, 0.3) is 0 Å². The van der Waals surface area contributed by atoms with E-state index in [2.05, 4.69) is 6.92 Å². The summed E-state index contributed by atoms with van der Waals surface area (Å²) >= 11 is 21.8. The Labute approximate surface area is 168 Å². The Morgan fingerprint density at radius 1 is 1.16 bits per heavy atom. The SMILES string of the molecule is CC1CC(Cl)C(Cl)(C(C)C)C(Cl)(SN2C(=O)C3CC=CCC3C2=O)C1. The number of hydrogen-bond acceptors (Lipinski definition) is 3. The summed E-state index contributed by atoms with van der Waals surface area (Å²) < 4.78 is 0.287. The molecule has 0 bridgehead atoms. The number of rotatable bonds is 3. The van der Waals surface area contributed by atoms with Gasteiger partial charge in [-0.2, -0.15) is 0 Å². The van der Waals surface area contributed by atoms with Crippen molar-refractivity contribution in [2.45, 2.75) is 60.9 Å². The lowest BCUT2D eigenvalue weighted by Crippen LogP contribution is -2.59. The van der Waals surface area contributed by atoms with Crippen LogP contribution >= 0.6 is 46.8 Å². The minimum absolute atomic E-state index is 0.00548. The van der Waals surface area contributed by atoms with E-state index < -0.39 is 9.08 Å². The quantitative estimate of drug-likeness (QED) is 0.271. The fourth-order valence-electron chi connectivity index (χ4n) is 4.35. The lowest BCUT2D eigenvalue weighted by atomic mass is 9.75. The van der Waals surface area contributed by atoms with Crippen LogP contribution < -0.4 is 0 Å². The van der Waals surface area contributed by atoms with Crippen molar-refractivity contribution in [2.24, 2.45) is 23.7 Å². The fraction of sp³-hybridized carbons (Fsp3) is 0.778. The topological polar surface area (TPSA) is 37.4 Å². The molecule has 0 aromatic rings. The number of carbonyl (C=O) groups is 2. The van der Waals surface area contributed by atoms with Gasteiger partial charge in [0.25, 0.3) is 0 Å². The zero-order valence-electron chi connectivity index (χ0n) is 14.7. The minimum atomic E-state index is -1.00. The summed E-state index contributed by atoms with van der Waals surface area (Å²) in [5, 5.41) is -0.320. The molecule has 3 aliphatic rings. The van der Waals surface area contributed by atoms with E-state index >= 15 is 0 Å². The molecule has 140 valence electrons. The highest BCUT2D eigenvalue weighted by atomic mass is 35.5. The first-order valence-corrected chi connectivity index (χ1v) is 10.8. The number of imide groups is 1. The molecule has 0 aromatic carbocycles. The van der Waals surface area contributed by atoms with Crippen LogP contribution in [0.5, 0.6) is 0 Å². The molecule has 3 nitrogen and oxygen atoms in total. The number of fused-ring (bicyclic) bond motifs is 1. The van der Waals surface area contributed by atoms with Crippen molar-refractivity contribution in [3.63, 3.8) is 0 Å². The van der Waals surface area contributed by atoms with Gasteiger partial charge in [0.2, 0.25) is 11.8 Å². The summed E-state index contributed by atoms with van der Waals surface area (Å²) in [6, 6.07) is 0. The molecule has 0 N–H and O–H groups in total. The van der Waals surface area contributed by atoms with Crippen LogP contribution in [0, 0.1) is 23.7 Å². The van der Waals surface area contributed by atoms with E-state index in [0.29, 0.717) is 19.3 Å². The van der Waals surface area contributed by atoms with Crippen LogP contribution in [0.3, 0.4) is 0 Å². The van der Waals surface area contributed by atoms with Gasteiger partial charge in [-0.15, -0.1) is 34.8 Å². The van der Waals surface area contributed by atoms with Gasteiger partial charge in [-0.25, -0.2) is 4.31 Å². The van der Waals surface area contributed by atoms with Crippen LogP contribution in [0.15, 0.2) is 12.2 Å². The Hall–Kier alpha value is 0.1000. The number of allylic oxidation sites excluding steroid dienone is 2. The summed E-state index contributed by atoms with van der Waals surface area (Å²) in [5.41, 5.74) is 0. The van der Waals surface area contributed by atoms with Crippen molar-refractivity contribution >= 4 is 58.6 Å². The highest BCUT2D eigenvalue weighted by Crippen LogP contribution is 2.61. The van der Waals surface area contributed by atoms with Crippen LogP contribution in [0.1, 0.15) is 46.5 Å². The van der Waals surface area contributed by atoms with Gasteiger partial charge in [-0.1, -0.05) is 32.9 Å². The first-order valence-electron chi connectivity index (χ1n) is 8.85. The third-order valence-corrected chi connectivity index (χ3v) is 9.67. The van der Waals surface area contributed by atoms with E-state index in [4.69, 9.17) is 34.8 Å². The molecule has 1 aliphatic heterocycles. The van der Waals surface area contributed by atoms with Gasteiger partial charge in [0.15, 0.2) is 0 Å². The van der Waals surface area contributed by atoms with Gasteiger partial charge in [-0.3, -0.25) is 9.59 Å². The maximum atomic E-state index is 12.8. The first-order chi connectivity index (χ1) is 11.6. The lowest BCUT2D eigenvalue weighted by Gasteiger charge is -2.52. The molecule has 2 fully saturated rings. The molecular formula is C18H24Cl3NO2S. The molecule has 0 radical (unpaired) electrons. The smallest absolute Gasteiger partial charge is 0.243 e. The van der Waals surface area contributed by atoms with Crippen molar-refractivity contribution in [3.05, 3.63) is 12.2 Å². The molecular weight excluding hydrogens is 401 g/mol. The van der Waals surface area contributed by atoms with Gasteiger partial charge >= 0.3 is 0 Å². The van der Waals surface area contributed by atoms with E-state index in [1.165, 1.54) is 4.31 Å². The van der Waals surface area contributed by atoms with Crippen molar-refractivity contribution in [1.82, 2.24) is 4.31 Å². The van der Waals surface area contributed by atoms with Crippen molar-refractivity contribution in [3.8, 4) is 0 Å². The highest BCUT2D eigenvalue weighted by molar-refractivity contribution is 8.00. The Kier molecular flexibility index (Phi) is 5.50. The van der Waals surface area contributed by atoms with Gasteiger partial charge in [0, 0.05) is 0 Å². The average Bonchev–Trinajstić information content (AvgIpc) is 2.77. The zero-order valence-corrected chi connectivity index (χ0v) is 17.8. The monoisotopic (exact) mass is 423 g/mol. The number of hydrogen-bond donors (Lipinski definition) is 0. The van der Waals surface area contributed by atoms with Gasteiger partial charge in [0.1, 0.15) is 4.21 Å². The standard InChI is InChI=1S/C18H24Cl3NO2S/c1-10(2)18(21)14(19)8-11(3)9-17(18,20)25-22-15(23)12-6-4-5-7-13(12)16(22)24/h4-5,10-14H,6-9H2,1-3H3. The summed E-state index contributed by atoms with van der Waals surface area (Å²) in [7, 11) is 0. The summed E-state index contributed by atoms with van der Waals surface area (Å²) in [6.07, 6.45) is 6.57. The molecule has 3 rings (SSSR count). The summed E-state index contributed by atoms with van der Waals surface area (Å²) in [5.74, 6) is -0.530. The molecule has 0 aromatic heterocycles. The van der Waals surface area contributed by atoms with Crippen LogP contribution in [-0.2, 0) is 9.59 Å². The Morgan fingerprint density at radius 3 is 2.16 bits per heavy atom. The third-order valence-electron chi connectivity index (χ3n) is 5.79. The van der Waals surface area contributed by atoms with Crippen molar-refractivity contribution in [2.75, 3.05) is 0 Å². The molecule has 7 heteroatoms. The Morgan fingerprint density at radius 2 is 1.68 bits per heavy atom. The Balaban J connectivity index is 1.91. The van der Waals surface area contributed by atoms with E-state index in [9.17, 15) is 9.59 Å². The van der Waals surface area contributed by atoms with E-state index in [1.54, 1.807) is 0 Å². The molecule has 6 unspecified atom stereocenters. The predicted octanol–water partition coefficient (Wildman–Crippen LogP) is 5.19. The maximum Gasteiger partial charge on any atom is 0.243 e. The fourth-order valence-corrected chi connectivity index (χ4v) is 7.92. The molecule has 2 aliphatic carbocycles. The van der Waals surface area contributed by atoms with Gasteiger partial charge in [0.05, 0.1) is 22.1 Å². The first kappa shape index (κ1) is 19.9. The number of carbonyl (C=O) groups excluding carboxylic acids is 2. The molecule has 25 heavy (non-hydrogen) atoms. The number of nitrogens with zero attached hydrogens (tertiary/aromatic N) is 1. The van der Waals surface area contributed by atoms with E-state index in [1.807, 2.05) is 26.0 Å². The molecule has 1 saturated heterocycles. The third kappa shape index (κ3) is 3.05. The number of halogens is 3. The van der Waals surface area contributed by atoms with Crippen LogP contribution in [-0.4, -0.2) is 30.6 Å². The maximum absolute atomic E-state index is 12.8. The van der Waals surface area contributed by atoms with Crippen LogP contribution in [0.2, 0.25) is 0 Å². The molecule has 0 spiro atoms. The Bertz CT molecular complexity index is 587. The average molecular weight is 425 g/mol. The van der Waals surface area contributed by atoms with E-state index in [0.717, 1.165) is 18.4 Å².